The number of ether oxygens (including phenoxy) is 1. The number of hydrogen-bond acceptors (Lipinski definition) is 4. The fraction of sp³-hybridized carbons (Fsp3) is 0.250. The van der Waals surface area contributed by atoms with Crippen molar-refractivity contribution < 1.29 is 22.7 Å². The van der Waals surface area contributed by atoms with Gasteiger partial charge in [0.05, 0.1) is 29.4 Å². The molecule has 1 amide bonds. The first kappa shape index (κ1) is 19.8. The van der Waals surface area contributed by atoms with Crippen LogP contribution in [0.25, 0.3) is 22.2 Å². The summed E-state index contributed by atoms with van der Waals surface area (Å²) < 4.78 is 43.3. The topological polar surface area (TPSA) is 64.1 Å². The Morgan fingerprint density at radius 1 is 1.18 bits per heavy atom. The molecule has 3 rings (SSSR count). The number of para-hydroxylation sites is 1. The third kappa shape index (κ3) is 4.28. The summed E-state index contributed by atoms with van der Waals surface area (Å²) in [6, 6.07) is 9.83. The summed E-state index contributed by atoms with van der Waals surface area (Å²) in [5, 5.41) is 2.76. The zero-order valence-corrected chi connectivity index (χ0v) is 15.2. The van der Waals surface area contributed by atoms with Crippen molar-refractivity contribution in [3.8, 4) is 11.1 Å². The van der Waals surface area contributed by atoms with Crippen molar-refractivity contribution in [2.24, 2.45) is 0 Å². The molecule has 0 aliphatic rings. The van der Waals surface area contributed by atoms with Crippen LogP contribution in [-0.4, -0.2) is 35.6 Å². The molecule has 1 heterocycles. The van der Waals surface area contributed by atoms with Crippen molar-refractivity contribution in [2.75, 3.05) is 13.7 Å². The zero-order valence-electron chi connectivity index (χ0n) is 15.2. The van der Waals surface area contributed by atoms with Crippen LogP contribution >= 0.6 is 0 Å². The maximum atomic E-state index is 12.8. The van der Waals surface area contributed by atoms with Crippen LogP contribution in [0.1, 0.15) is 23.0 Å². The standard InChI is InChI=1S/C20H18F3N3O2/c1-12(11-28-2)25-19(27)17-10-24-18-15(4-3-5-16(18)26-17)13-6-8-14(9-7-13)20(21,22)23/h3-10,12H,11H2,1-2H3,(H,25,27). The first-order valence-corrected chi connectivity index (χ1v) is 8.53. The van der Waals surface area contributed by atoms with Crippen molar-refractivity contribution in [2.45, 2.75) is 19.1 Å². The van der Waals surface area contributed by atoms with E-state index in [4.69, 9.17) is 4.74 Å². The average Bonchev–Trinajstić information content (AvgIpc) is 2.66. The number of benzene rings is 2. The predicted molar refractivity (Wildman–Crippen MR) is 98.8 cm³/mol. The first-order chi connectivity index (χ1) is 13.3. The molecule has 1 atom stereocenters. The van der Waals surface area contributed by atoms with E-state index in [1.165, 1.54) is 18.3 Å². The molecule has 0 saturated carbocycles. The molecule has 0 bridgehead atoms. The van der Waals surface area contributed by atoms with E-state index in [0.717, 1.165) is 12.1 Å². The van der Waals surface area contributed by atoms with Gasteiger partial charge in [-0.25, -0.2) is 4.98 Å². The van der Waals surface area contributed by atoms with Crippen LogP contribution in [0.5, 0.6) is 0 Å². The molecule has 3 aromatic rings. The van der Waals surface area contributed by atoms with E-state index in [9.17, 15) is 18.0 Å². The largest absolute Gasteiger partial charge is 0.416 e. The highest BCUT2D eigenvalue weighted by molar-refractivity contribution is 5.96. The van der Waals surface area contributed by atoms with Crippen LogP contribution in [0.3, 0.4) is 0 Å². The maximum Gasteiger partial charge on any atom is 0.416 e. The van der Waals surface area contributed by atoms with E-state index in [1.54, 1.807) is 32.2 Å². The molecule has 0 saturated heterocycles. The molecule has 1 unspecified atom stereocenters. The quantitative estimate of drug-likeness (QED) is 0.714. The monoisotopic (exact) mass is 389 g/mol. The number of nitrogens with one attached hydrogen (secondary N) is 1. The lowest BCUT2D eigenvalue weighted by Crippen LogP contribution is -2.36. The van der Waals surface area contributed by atoms with E-state index in [1.807, 2.05) is 0 Å². The molecule has 1 N–H and O–H groups in total. The number of carbonyl (C=O) groups is 1. The average molecular weight is 389 g/mol. The fourth-order valence-corrected chi connectivity index (χ4v) is 2.81. The Kier molecular flexibility index (Phi) is 5.60. The number of aromatic nitrogens is 2. The minimum atomic E-state index is -4.39. The Balaban J connectivity index is 1.93. The summed E-state index contributed by atoms with van der Waals surface area (Å²) in [7, 11) is 1.54. The van der Waals surface area contributed by atoms with Gasteiger partial charge in [0.1, 0.15) is 5.69 Å². The molecule has 28 heavy (non-hydrogen) atoms. The second-order valence-electron chi connectivity index (χ2n) is 6.33. The number of amides is 1. The van der Waals surface area contributed by atoms with Gasteiger partial charge in [-0.05, 0) is 30.7 Å². The third-order valence-electron chi connectivity index (χ3n) is 4.12. The molecule has 0 radical (unpaired) electrons. The minimum absolute atomic E-state index is 0.153. The number of methoxy groups -OCH3 is 1. The van der Waals surface area contributed by atoms with Gasteiger partial charge in [0, 0.05) is 18.7 Å². The molecule has 2 aromatic carbocycles. The Labute approximate surface area is 159 Å². The Morgan fingerprint density at radius 2 is 1.89 bits per heavy atom. The van der Waals surface area contributed by atoms with Crippen molar-refractivity contribution in [3.05, 3.63) is 59.9 Å². The van der Waals surface area contributed by atoms with Crippen LogP contribution in [0, 0.1) is 0 Å². The number of rotatable bonds is 5. The van der Waals surface area contributed by atoms with Gasteiger partial charge in [-0.15, -0.1) is 0 Å². The number of carbonyl (C=O) groups excluding carboxylic acids is 1. The van der Waals surface area contributed by atoms with Crippen LogP contribution in [0.15, 0.2) is 48.7 Å². The SMILES string of the molecule is COCC(C)NC(=O)c1cnc2c(-c3ccc(C(F)(F)F)cc3)cccc2n1. The third-order valence-corrected chi connectivity index (χ3v) is 4.12. The molecular weight excluding hydrogens is 371 g/mol. The second kappa shape index (κ2) is 7.93. The molecule has 0 aliphatic heterocycles. The Morgan fingerprint density at radius 3 is 2.54 bits per heavy atom. The highest BCUT2D eigenvalue weighted by Gasteiger charge is 2.30. The Bertz CT molecular complexity index is 988. The molecule has 0 fully saturated rings. The molecule has 146 valence electrons. The summed E-state index contributed by atoms with van der Waals surface area (Å²) in [5.74, 6) is -0.376. The molecular formula is C20H18F3N3O2. The minimum Gasteiger partial charge on any atom is -0.383 e. The number of alkyl halides is 3. The summed E-state index contributed by atoms with van der Waals surface area (Å²) >= 11 is 0. The number of hydrogen-bond donors (Lipinski definition) is 1. The zero-order chi connectivity index (χ0) is 20.3. The molecule has 8 heteroatoms. The van der Waals surface area contributed by atoms with E-state index < -0.39 is 11.7 Å². The van der Waals surface area contributed by atoms with Crippen molar-refractivity contribution in [1.82, 2.24) is 15.3 Å². The summed E-state index contributed by atoms with van der Waals surface area (Å²) in [4.78, 5) is 20.9. The maximum absolute atomic E-state index is 12.8. The highest BCUT2D eigenvalue weighted by Crippen LogP contribution is 2.32. The smallest absolute Gasteiger partial charge is 0.383 e. The number of nitrogens with zero attached hydrogens (tertiary/aromatic N) is 2. The summed E-state index contributed by atoms with van der Waals surface area (Å²) in [6.45, 7) is 2.17. The van der Waals surface area contributed by atoms with Gasteiger partial charge in [0.2, 0.25) is 0 Å². The normalized spacial score (nSPS) is 12.8. The van der Waals surface area contributed by atoms with Crippen molar-refractivity contribution in [1.29, 1.82) is 0 Å². The van der Waals surface area contributed by atoms with Gasteiger partial charge in [-0.3, -0.25) is 9.78 Å². The van der Waals surface area contributed by atoms with Crippen molar-refractivity contribution in [3.63, 3.8) is 0 Å². The van der Waals surface area contributed by atoms with Crippen LogP contribution in [0.4, 0.5) is 13.2 Å². The number of halogens is 3. The lowest BCUT2D eigenvalue weighted by Gasteiger charge is -2.13. The van der Waals surface area contributed by atoms with Crippen LogP contribution in [0.2, 0.25) is 0 Å². The van der Waals surface area contributed by atoms with Gasteiger partial charge in [-0.2, -0.15) is 13.2 Å². The van der Waals surface area contributed by atoms with Gasteiger partial charge >= 0.3 is 6.18 Å². The second-order valence-corrected chi connectivity index (χ2v) is 6.33. The van der Waals surface area contributed by atoms with E-state index in [2.05, 4.69) is 15.3 Å². The Hall–Kier alpha value is -3.00. The van der Waals surface area contributed by atoms with Gasteiger partial charge in [0.25, 0.3) is 5.91 Å². The van der Waals surface area contributed by atoms with Crippen LogP contribution < -0.4 is 5.32 Å². The van der Waals surface area contributed by atoms with Crippen molar-refractivity contribution >= 4 is 16.9 Å². The first-order valence-electron chi connectivity index (χ1n) is 8.53. The molecule has 5 nitrogen and oxygen atoms in total. The lowest BCUT2D eigenvalue weighted by atomic mass is 10.0. The van der Waals surface area contributed by atoms with E-state index >= 15 is 0 Å². The fourth-order valence-electron chi connectivity index (χ4n) is 2.81. The predicted octanol–water partition coefficient (Wildman–Crippen LogP) is 4.08. The van der Waals surface area contributed by atoms with E-state index in [0.29, 0.717) is 28.8 Å². The highest BCUT2D eigenvalue weighted by atomic mass is 19.4. The summed E-state index contributed by atoms with van der Waals surface area (Å²) in [5.41, 5.74) is 1.64. The number of fused-ring (bicyclic) bond motifs is 1. The van der Waals surface area contributed by atoms with Crippen LogP contribution in [-0.2, 0) is 10.9 Å². The molecule has 0 aliphatic carbocycles. The lowest BCUT2D eigenvalue weighted by molar-refractivity contribution is -0.137. The molecule has 1 aromatic heterocycles. The van der Waals surface area contributed by atoms with Gasteiger partial charge in [-0.1, -0.05) is 24.3 Å². The van der Waals surface area contributed by atoms with E-state index in [-0.39, 0.29) is 17.6 Å². The van der Waals surface area contributed by atoms with Gasteiger partial charge in [0.15, 0.2) is 0 Å². The summed E-state index contributed by atoms with van der Waals surface area (Å²) in [6.07, 6.45) is -3.04. The molecule has 0 spiro atoms. The van der Waals surface area contributed by atoms with Gasteiger partial charge < -0.3 is 10.1 Å².